The number of pyridine rings is 1. The largest absolute Gasteiger partial charge is 0.308 e. The molecular formula is C11H15N3. The van der Waals surface area contributed by atoms with Gasteiger partial charge in [0.15, 0.2) is 5.82 Å². The Bertz CT molecular complexity index is 348. The van der Waals surface area contributed by atoms with E-state index in [1.165, 1.54) is 6.21 Å². The van der Waals surface area contributed by atoms with E-state index in [1.807, 2.05) is 12.3 Å². The normalized spacial score (nSPS) is 11.9. The van der Waals surface area contributed by atoms with Gasteiger partial charge in [-0.2, -0.15) is 0 Å². The summed E-state index contributed by atoms with van der Waals surface area (Å²) in [4.78, 5) is 8.36. The van der Waals surface area contributed by atoms with Crippen LogP contribution in [0.3, 0.4) is 0 Å². The van der Waals surface area contributed by atoms with Gasteiger partial charge in [-0.15, -0.1) is 0 Å². The van der Waals surface area contributed by atoms with Crippen LogP contribution in [0.25, 0.3) is 0 Å². The van der Waals surface area contributed by atoms with E-state index in [1.54, 1.807) is 12.3 Å². The number of nitrogens with one attached hydrogen (secondary N) is 1. The van der Waals surface area contributed by atoms with Crippen molar-refractivity contribution in [2.45, 2.75) is 20.8 Å². The fourth-order valence-corrected chi connectivity index (χ4v) is 0.885. The highest BCUT2D eigenvalue weighted by molar-refractivity contribution is 5.84. The van der Waals surface area contributed by atoms with E-state index in [0.29, 0.717) is 5.82 Å². The van der Waals surface area contributed by atoms with Gasteiger partial charge in [-0.1, -0.05) is 20.8 Å². The standard InChI is InChI=1S/C11H15N3/c1-11(2,3)8-14-10-9(7-12)5-4-6-13-10/h4-8,12H,1-3H3/b12-7?,14-8+. The summed E-state index contributed by atoms with van der Waals surface area (Å²) in [5.74, 6) is 0.609. The Labute approximate surface area is 84.4 Å². The molecule has 0 saturated heterocycles. The van der Waals surface area contributed by atoms with Gasteiger partial charge in [0.25, 0.3) is 0 Å². The summed E-state index contributed by atoms with van der Waals surface area (Å²) in [6, 6.07) is 3.63. The molecule has 1 N–H and O–H groups in total. The van der Waals surface area contributed by atoms with Crippen molar-refractivity contribution in [1.82, 2.24) is 4.98 Å². The molecule has 0 atom stereocenters. The van der Waals surface area contributed by atoms with Crippen LogP contribution in [0.4, 0.5) is 5.82 Å². The van der Waals surface area contributed by atoms with Crippen LogP contribution in [0, 0.1) is 10.8 Å². The summed E-state index contributed by atoms with van der Waals surface area (Å²) in [7, 11) is 0. The van der Waals surface area contributed by atoms with Crippen LogP contribution in [-0.2, 0) is 0 Å². The second-order valence-electron chi connectivity index (χ2n) is 4.18. The lowest BCUT2D eigenvalue weighted by Crippen LogP contribution is -2.05. The molecule has 3 nitrogen and oxygen atoms in total. The molecule has 1 aromatic heterocycles. The highest BCUT2D eigenvalue weighted by atomic mass is 14.9. The Morgan fingerprint density at radius 3 is 2.71 bits per heavy atom. The van der Waals surface area contributed by atoms with Gasteiger partial charge in [-0.3, -0.25) is 0 Å². The molecule has 0 bridgehead atoms. The summed E-state index contributed by atoms with van der Waals surface area (Å²) < 4.78 is 0. The summed E-state index contributed by atoms with van der Waals surface area (Å²) in [6.45, 7) is 6.22. The van der Waals surface area contributed by atoms with Crippen LogP contribution in [0.5, 0.6) is 0 Å². The second-order valence-corrected chi connectivity index (χ2v) is 4.18. The lowest BCUT2D eigenvalue weighted by atomic mass is 9.99. The molecule has 0 aliphatic carbocycles. The smallest absolute Gasteiger partial charge is 0.160 e. The van der Waals surface area contributed by atoms with Crippen LogP contribution in [0.1, 0.15) is 26.3 Å². The Hall–Kier alpha value is -1.51. The second kappa shape index (κ2) is 4.13. The molecule has 1 aromatic rings. The van der Waals surface area contributed by atoms with E-state index in [4.69, 9.17) is 5.41 Å². The third-order valence-corrected chi connectivity index (χ3v) is 1.55. The Morgan fingerprint density at radius 1 is 1.43 bits per heavy atom. The van der Waals surface area contributed by atoms with Crippen molar-refractivity contribution in [2.75, 3.05) is 0 Å². The van der Waals surface area contributed by atoms with E-state index in [0.717, 1.165) is 5.56 Å². The SMILES string of the molecule is CC(C)(C)/C=N/c1ncccc1C=N. The zero-order valence-corrected chi connectivity index (χ0v) is 8.78. The van der Waals surface area contributed by atoms with Crippen LogP contribution in [-0.4, -0.2) is 17.4 Å². The molecule has 0 amide bonds. The summed E-state index contributed by atoms with van der Waals surface area (Å²) >= 11 is 0. The first-order valence-electron chi connectivity index (χ1n) is 4.53. The Kier molecular flexibility index (Phi) is 3.12. The van der Waals surface area contributed by atoms with Crippen molar-refractivity contribution in [2.24, 2.45) is 10.4 Å². The number of rotatable bonds is 2. The van der Waals surface area contributed by atoms with Gasteiger partial charge in [-0.05, 0) is 17.5 Å². The maximum Gasteiger partial charge on any atom is 0.160 e. The molecule has 1 rings (SSSR count). The fraction of sp³-hybridized carbons (Fsp3) is 0.364. The molecule has 0 radical (unpaired) electrons. The fourth-order valence-electron chi connectivity index (χ4n) is 0.885. The minimum Gasteiger partial charge on any atom is -0.308 e. The van der Waals surface area contributed by atoms with Crippen molar-refractivity contribution in [3.63, 3.8) is 0 Å². The van der Waals surface area contributed by atoms with E-state index in [-0.39, 0.29) is 5.41 Å². The Morgan fingerprint density at radius 2 is 2.14 bits per heavy atom. The number of aromatic nitrogens is 1. The minimum atomic E-state index is 0.0385. The first-order chi connectivity index (χ1) is 6.53. The molecule has 0 saturated carbocycles. The lowest BCUT2D eigenvalue weighted by Gasteiger charge is -2.09. The van der Waals surface area contributed by atoms with E-state index in [9.17, 15) is 0 Å². The van der Waals surface area contributed by atoms with Gasteiger partial charge in [0.2, 0.25) is 0 Å². The predicted octanol–water partition coefficient (Wildman–Crippen LogP) is 2.83. The molecule has 0 spiro atoms. The zero-order valence-electron chi connectivity index (χ0n) is 8.78. The number of nitrogens with zero attached hydrogens (tertiary/aromatic N) is 2. The Balaban J connectivity index is 2.97. The third-order valence-electron chi connectivity index (χ3n) is 1.55. The molecule has 1 heterocycles. The average Bonchev–Trinajstić information content (AvgIpc) is 2.14. The number of hydrogen-bond acceptors (Lipinski definition) is 3. The van der Waals surface area contributed by atoms with E-state index < -0.39 is 0 Å². The first kappa shape index (κ1) is 10.6. The zero-order chi connectivity index (χ0) is 10.6. The van der Waals surface area contributed by atoms with E-state index in [2.05, 4.69) is 30.7 Å². The molecule has 0 aromatic carbocycles. The van der Waals surface area contributed by atoms with Gasteiger partial charge in [0.1, 0.15) is 0 Å². The molecule has 74 valence electrons. The molecule has 14 heavy (non-hydrogen) atoms. The highest BCUT2D eigenvalue weighted by Gasteiger charge is 2.06. The molecule has 0 aliphatic heterocycles. The lowest BCUT2D eigenvalue weighted by molar-refractivity contribution is 0.607. The first-order valence-corrected chi connectivity index (χ1v) is 4.53. The molecule has 0 fully saturated rings. The molecular weight excluding hydrogens is 174 g/mol. The summed E-state index contributed by atoms with van der Waals surface area (Å²) in [5, 5.41) is 7.18. The summed E-state index contributed by atoms with van der Waals surface area (Å²) in [5.41, 5.74) is 0.782. The number of hydrogen-bond donors (Lipinski definition) is 1. The van der Waals surface area contributed by atoms with Crippen LogP contribution < -0.4 is 0 Å². The third kappa shape index (κ3) is 3.09. The van der Waals surface area contributed by atoms with Gasteiger partial charge >= 0.3 is 0 Å². The maximum atomic E-state index is 7.18. The van der Waals surface area contributed by atoms with E-state index >= 15 is 0 Å². The average molecular weight is 189 g/mol. The minimum absolute atomic E-state index is 0.0385. The summed E-state index contributed by atoms with van der Waals surface area (Å²) in [6.07, 6.45) is 4.80. The van der Waals surface area contributed by atoms with Crippen LogP contribution in [0.15, 0.2) is 23.3 Å². The van der Waals surface area contributed by atoms with Gasteiger partial charge in [-0.25, -0.2) is 9.98 Å². The van der Waals surface area contributed by atoms with Crippen molar-refractivity contribution in [1.29, 1.82) is 5.41 Å². The molecule has 0 aliphatic rings. The van der Waals surface area contributed by atoms with Crippen molar-refractivity contribution in [3.8, 4) is 0 Å². The highest BCUT2D eigenvalue weighted by Crippen LogP contribution is 2.15. The van der Waals surface area contributed by atoms with Gasteiger partial charge < -0.3 is 5.41 Å². The van der Waals surface area contributed by atoms with Gasteiger partial charge in [0.05, 0.1) is 0 Å². The van der Waals surface area contributed by atoms with Crippen LogP contribution >= 0.6 is 0 Å². The number of aliphatic imine (C=N–C) groups is 1. The quantitative estimate of drug-likeness (QED) is 0.714. The monoisotopic (exact) mass is 189 g/mol. The van der Waals surface area contributed by atoms with Crippen molar-refractivity contribution < 1.29 is 0 Å². The topological polar surface area (TPSA) is 49.1 Å². The maximum absolute atomic E-state index is 7.18. The van der Waals surface area contributed by atoms with Crippen molar-refractivity contribution >= 4 is 18.2 Å². The molecule has 0 unspecified atom stereocenters. The van der Waals surface area contributed by atoms with Crippen molar-refractivity contribution in [3.05, 3.63) is 23.9 Å². The predicted molar refractivity (Wildman–Crippen MR) is 59.7 cm³/mol. The van der Waals surface area contributed by atoms with Crippen LogP contribution in [0.2, 0.25) is 0 Å². The van der Waals surface area contributed by atoms with Gasteiger partial charge in [0, 0.05) is 24.2 Å². The molecule has 3 heteroatoms.